The third kappa shape index (κ3) is 2.72. The molecule has 1 amide bonds. The topological polar surface area (TPSA) is 49.0 Å². The lowest BCUT2D eigenvalue weighted by Gasteiger charge is -2.17. The van der Waals surface area contributed by atoms with Crippen molar-refractivity contribution in [3.05, 3.63) is 30.1 Å². The van der Waals surface area contributed by atoms with Crippen LogP contribution in [-0.2, 0) is 11.3 Å². The summed E-state index contributed by atoms with van der Waals surface area (Å²) in [6.45, 7) is 0.631. The van der Waals surface area contributed by atoms with Crippen molar-refractivity contribution in [3.8, 4) is 0 Å². The van der Waals surface area contributed by atoms with E-state index in [-0.39, 0.29) is 5.91 Å². The summed E-state index contributed by atoms with van der Waals surface area (Å²) in [7, 11) is 1.84. The second-order valence-electron chi connectivity index (χ2n) is 4.33. The first-order valence-corrected chi connectivity index (χ1v) is 5.64. The van der Waals surface area contributed by atoms with E-state index in [4.69, 9.17) is 0 Å². The van der Waals surface area contributed by atoms with E-state index in [0.29, 0.717) is 18.9 Å². The van der Waals surface area contributed by atoms with Gasteiger partial charge in [0.25, 0.3) is 0 Å². The molecule has 0 spiro atoms. The van der Waals surface area contributed by atoms with E-state index in [9.17, 15) is 4.79 Å². The van der Waals surface area contributed by atoms with E-state index in [2.05, 4.69) is 22.3 Å². The van der Waals surface area contributed by atoms with Gasteiger partial charge in [0, 0.05) is 31.8 Å². The number of amides is 1. The maximum Gasteiger partial charge on any atom is 0.223 e. The molecule has 86 valence electrons. The molecular formula is C12H17N3O. The number of rotatable bonds is 4. The predicted octanol–water partition coefficient (Wildman–Crippen LogP) is 1.72. The van der Waals surface area contributed by atoms with Crippen molar-refractivity contribution in [2.75, 3.05) is 7.05 Å². The molecule has 0 aliphatic heterocycles. The lowest BCUT2D eigenvalue weighted by molar-refractivity contribution is -0.131. The number of H-pyrrole nitrogens is 1. The quantitative estimate of drug-likeness (QED) is 0.784. The summed E-state index contributed by atoms with van der Waals surface area (Å²) in [5, 5.41) is 6.61. The van der Waals surface area contributed by atoms with Crippen molar-refractivity contribution >= 4 is 5.91 Å². The standard InChI is InChI=1S/C12H17N3O/c1-15(9-11-7-13-14-8-11)12(16)6-10-4-2-3-5-10/h2,4,7-8,10H,3,5-6,9H2,1H3,(H,13,14). The number of aromatic nitrogens is 2. The van der Waals surface area contributed by atoms with Crippen molar-refractivity contribution in [1.29, 1.82) is 0 Å². The Balaban J connectivity index is 1.82. The number of nitrogens with zero attached hydrogens (tertiary/aromatic N) is 2. The Morgan fingerprint density at radius 2 is 2.56 bits per heavy atom. The van der Waals surface area contributed by atoms with E-state index in [0.717, 1.165) is 18.4 Å². The van der Waals surface area contributed by atoms with Gasteiger partial charge in [0.1, 0.15) is 0 Å². The number of nitrogens with one attached hydrogen (secondary N) is 1. The Hall–Kier alpha value is -1.58. The van der Waals surface area contributed by atoms with E-state index in [1.54, 1.807) is 11.1 Å². The SMILES string of the molecule is CN(Cc1cn[nH]c1)C(=O)CC1C=CCC1. The third-order valence-corrected chi connectivity index (χ3v) is 2.95. The minimum absolute atomic E-state index is 0.206. The molecule has 0 saturated carbocycles. The van der Waals surface area contributed by atoms with Crippen LogP contribution in [0.1, 0.15) is 24.8 Å². The minimum atomic E-state index is 0.206. The Morgan fingerprint density at radius 3 is 3.19 bits per heavy atom. The van der Waals surface area contributed by atoms with E-state index < -0.39 is 0 Å². The first-order chi connectivity index (χ1) is 7.75. The van der Waals surface area contributed by atoms with E-state index >= 15 is 0 Å². The van der Waals surface area contributed by atoms with Crippen LogP contribution in [0.3, 0.4) is 0 Å². The molecule has 1 aliphatic carbocycles. The molecule has 1 aliphatic rings. The van der Waals surface area contributed by atoms with Crippen molar-refractivity contribution in [3.63, 3.8) is 0 Å². The van der Waals surface area contributed by atoms with Crippen LogP contribution < -0.4 is 0 Å². The summed E-state index contributed by atoms with van der Waals surface area (Å²) in [6, 6.07) is 0. The summed E-state index contributed by atoms with van der Waals surface area (Å²) >= 11 is 0. The maximum absolute atomic E-state index is 11.9. The van der Waals surface area contributed by atoms with Crippen molar-refractivity contribution in [2.45, 2.75) is 25.8 Å². The number of aromatic amines is 1. The Kier molecular flexibility index (Phi) is 3.39. The first-order valence-electron chi connectivity index (χ1n) is 5.64. The van der Waals surface area contributed by atoms with Crippen LogP contribution in [0.2, 0.25) is 0 Å². The zero-order valence-corrected chi connectivity index (χ0v) is 9.52. The summed E-state index contributed by atoms with van der Waals surface area (Å²) < 4.78 is 0. The van der Waals surface area contributed by atoms with E-state index in [1.807, 2.05) is 13.2 Å². The van der Waals surface area contributed by atoms with Gasteiger partial charge in [-0.25, -0.2) is 0 Å². The maximum atomic E-state index is 11.9. The highest BCUT2D eigenvalue weighted by Crippen LogP contribution is 2.21. The lowest BCUT2D eigenvalue weighted by atomic mass is 10.0. The fourth-order valence-electron chi connectivity index (χ4n) is 1.97. The molecule has 1 heterocycles. The molecule has 0 fully saturated rings. The molecule has 4 heteroatoms. The number of hydrogen-bond donors (Lipinski definition) is 1. The molecule has 1 unspecified atom stereocenters. The number of carbonyl (C=O) groups is 1. The van der Waals surface area contributed by atoms with Gasteiger partial charge >= 0.3 is 0 Å². The molecule has 0 aromatic carbocycles. The summed E-state index contributed by atoms with van der Waals surface area (Å²) in [5.74, 6) is 0.650. The molecule has 16 heavy (non-hydrogen) atoms. The lowest BCUT2D eigenvalue weighted by Crippen LogP contribution is -2.27. The fourth-order valence-corrected chi connectivity index (χ4v) is 1.97. The Bertz CT molecular complexity index is 370. The number of carbonyl (C=O) groups excluding carboxylic acids is 1. The van der Waals surface area contributed by atoms with Crippen LogP contribution in [0.25, 0.3) is 0 Å². The molecule has 1 aromatic rings. The highest BCUT2D eigenvalue weighted by atomic mass is 16.2. The Morgan fingerprint density at radius 1 is 1.69 bits per heavy atom. The van der Waals surface area contributed by atoms with Gasteiger partial charge in [-0.15, -0.1) is 0 Å². The number of allylic oxidation sites excluding steroid dienone is 2. The van der Waals surface area contributed by atoms with Gasteiger partial charge in [-0.1, -0.05) is 12.2 Å². The molecule has 0 saturated heterocycles. The highest BCUT2D eigenvalue weighted by Gasteiger charge is 2.17. The molecule has 0 bridgehead atoms. The molecule has 1 atom stereocenters. The van der Waals surface area contributed by atoms with Gasteiger partial charge in [0.2, 0.25) is 5.91 Å². The third-order valence-electron chi connectivity index (χ3n) is 2.95. The van der Waals surface area contributed by atoms with Crippen LogP contribution in [0.4, 0.5) is 0 Å². The molecule has 0 radical (unpaired) electrons. The normalized spacial score (nSPS) is 18.9. The smallest absolute Gasteiger partial charge is 0.223 e. The van der Waals surface area contributed by atoms with Crippen LogP contribution in [0, 0.1) is 5.92 Å². The second-order valence-corrected chi connectivity index (χ2v) is 4.33. The average Bonchev–Trinajstić information content (AvgIpc) is 2.90. The fraction of sp³-hybridized carbons (Fsp3) is 0.500. The van der Waals surface area contributed by atoms with Gasteiger partial charge in [0.05, 0.1) is 6.20 Å². The zero-order chi connectivity index (χ0) is 11.4. The largest absolute Gasteiger partial charge is 0.341 e. The van der Waals surface area contributed by atoms with Gasteiger partial charge in [-0.3, -0.25) is 9.89 Å². The van der Waals surface area contributed by atoms with Gasteiger partial charge < -0.3 is 4.90 Å². The monoisotopic (exact) mass is 219 g/mol. The molecule has 1 aromatic heterocycles. The molecule has 4 nitrogen and oxygen atoms in total. The van der Waals surface area contributed by atoms with Crippen molar-refractivity contribution < 1.29 is 4.79 Å². The van der Waals surface area contributed by atoms with Crippen LogP contribution in [0.5, 0.6) is 0 Å². The van der Waals surface area contributed by atoms with Crippen LogP contribution in [-0.4, -0.2) is 28.1 Å². The first kappa shape index (κ1) is 10.9. The summed E-state index contributed by atoms with van der Waals surface area (Å²) in [4.78, 5) is 13.6. The Labute approximate surface area is 95.3 Å². The predicted molar refractivity (Wildman–Crippen MR) is 61.5 cm³/mol. The van der Waals surface area contributed by atoms with Gasteiger partial charge in [-0.2, -0.15) is 5.10 Å². The summed E-state index contributed by atoms with van der Waals surface area (Å²) in [5.41, 5.74) is 1.04. The van der Waals surface area contributed by atoms with Crippen molar-refractivity contribution in [1.82, 2.24) is 15.1 Å². The molecular weight excluding hydrogens is 202 g/mol. The number of hydrogen-bond acceptors (Lipinski definition) is 2. The summed E-state index contributed by atoms with van der Waals surface area (Å²) in [6.07, 6.45) is 10.7. The zero-order valence-electron chi connectivity index (χ0n) is 9.52. The van der Waals surface area contributed by atoms with Crippen LogP contribution >= 0.6 is 0 Å². The highest BCUT2D eigenvalue weighted by molar-refractivity contribution is 5.76. The van der Waals surface area contributed by atoms with Crippen molar-refractivity contribution in [2.24, 2.45) is 5.92 Å². The molecule has 2 rings (SSSR count). The molecule has 1 N–H and O–H groups in total. The minimum Gasteiger partial charge on any atom is -0.341 e. The van der Waals surface area contributed by atoms with Gasteiger partial charge in [-0.05, 0) is 18.8 Å². The second kappa shape index (κ2) is 4.96. The average molecular weight is 219 g/mol. The van der Waals surface area contributed by atoms with Crippen LogP contribution in [0.15, 0.2) is 24.5 Å². The van der Waals surface area contributed by atoms with Gasteiger partial charge in [0.15, 0.2) is 0 Å². The van der Waals surface area contributed by atoms with E-state index in [1.165, 1.54) is 0 Å².